The third-order valence-electron chi connectivity index (χ3n) is 4.72. The van der Waals surface area contributed by atoms with E-state index in [1.807, 2.05) is 20.8 Å². The van der Waals surface area contributed by atoms with Crippen molar-refractivity contribution < 1.29 is 9.53 Å². The number of carbonyl (C=O) groups is 1. The number of ether oxygens (including phenoxy) is 1. The molecule has 0 aromatic rings. The molecule has 9 heteroatoms. The minimum atomic E-state index is -0.464. The zero-order chi connectivity index (χ0) is 21.5. The van der Waals surface area contributed by atoms with Crippen molar-refractivity contribution >= 4 is 36.0 Å². The molecule has 0 unspecified atom stereocenters. The Kier molecular flexibility index (Phi) is 16.4. The second kappa shape index (κ2) is 16.8. The number of amides is 1. The van der Waals surface area contributed by atoms with E-state index in [-0.39, 0.29) is 30.1 Å². The molecule has 0 aromatic heterocycles. The molecular weight excluding hydrogens is 495 g/mol. The van der Waals surface area contributed by atoms with E-state index in [2.05, 4.69) is 44.6 Å². The number of rotatable bonds is 11. The minimum Gasteiger partial charge on any atom is -0.444 e. The molecule has 3 N–H and O–H groups in total. The SMILES string of the molecule is CCNC(=NCCCNC(=O)OC(C)(C)C)NCCCCN1CCN(CC)CC1.I. The number of nitrogens with zero attached hydrogens (tertiary/aromatic N) is 3. The molecule has 178 valence electrons. The highest BCUT2D eigenvalue weighted by atomic mass is 127. The molecule has 0 aromatic carbocycles. The van der Waals surface area contributed by atoms with Gasteiger partial charge in [-0.15, -0.1) is 24.0 Å². The first kappa shape index (κ1) is 29.2. The zero-order valence-corrected chi connectivity index (χ0v) is 22.1. The normalized spacial score (nSPS) is 16.0. The van der Waals surface area contributed by atoms with Gasteiger partial charge in [0.25, 0.3) is 0 Å². The topological polar surface area (TPSA) is 81.2 Å². The molecule has 1 aliphatic heterocycles. The van der Waals surface area contributed by atoms with Crippen molar-refractivity contribution in [2.75, 3.05) is 65.4 Å². The molecule has 1 fully saturated rings. The number of guanidine groups is 1. The van der Waals surface area contributed by atoms with Crippen LogP contribution in [0.1, 0.15) is 53.9 Å². The number of hydrogen-bond acceptors (Lipinski definition) is 5. The summed E-state index contributed by atoms with van der Waals surface area (Å²) in [7, 11) is 0. The third-order valence-corrected chi connectivity index (χ3v) is 4.72. The number of unbranched alkanes of at least 4 members (excludes halogenated alkanes) is 1. The maximum absolute atomic E-state index is 11.6. The van der Waals surface area contributed by atoms with Gasteiger partial charge in [0.05, 0.1) is 0 Å². The van der Waals surface area contributed by atoms with E-state index in [1.165, 1.54) is 45.7 Å². The average molecular weight is 541 g/mol. The van der Waals surface area contributed by atoms with Crippen molar-refractivity contribution in [3.8, 4) is 0 Å². The van der Waals surface area contributed by atoms with Crippen molar-refractivity contribution in [3.05, 3.63) is 0 Å². The highest BCUT2D eigenvalue weighted by molar-refractivity contribution is 14.0. The van der Waals surface area contributed by atoms with Gasteiger partial charge in [-0.2, -0.15) is 0 Å². The Morgan fingerprint density at radius 1 is 0.933 bits per heavy atom. The molecule has 1 amide bonds. The number of aliphatic imine (C=N–C) groups is 1. The quantitative estimate of drug-likeness (QED) is 0.162. The first-order valence-electron chi connectivity index (χ1n) is 11.3. The summed E-state index contributed by atoms with van der Waals surface area (Å²) in [5, 5.41) is 9.44. The summed E-state index contributed by atoms with van der Waals surface area (Å²) in [4.78, 5) is 21.3. The van der Waals surface area contributed by atoms with E-state index in [1.54, 1.807) is 0 Å². The van der Waals surface area contributed by atoms with Crippen LogP contribution in [-0.4, -0.2) is 92.9 Å². The van der Waals surface area contributed by atoms with Crippen molar-refractivity contribution in [2.45, 2.75) is 59.5 Å². The van der Waals surface area contributed by atoms with Gasteiger partial charge in [0.1, 0.15) is 5.60 Å². The predicted molar refractivity (Wildman–Crippen MR) is 136 cm³/mol. The molecule has 30 heavy (non-hydrogen) atoms. The summed E-state index contributed by atoms with van der Waals surface area (Å²) in [6, 6.07) is 0. The molecule has 0 aliphatic carbocycles. The molecular formula is C21H45IN6O2. The van der Waals surface area contributed by atoms with Crippen LogP contribution in [-0.2, 0) is 4.74 Å². The summed E-state index contributed by atoms with van der Waals surface area (Å²) in [6.07, 6.45) is 2.75. The van der Waals surface area contributed by atoms with Crippen LogP contribution in [0, 0.1) is 0 Å². The van der Waals surface area contributed by atoms with Gasteiger partial charge >= 0.3 is 6.09 Å². The lowest BCUT2D eigenvalue weighted by Crippen LogP contribution is -2.46. The number of halogens is 1. The van der Waals surface area contributed by atoms with E-state index in [0.717, 1.165) is 31.9 Å². The second-order valence-corrected chi connectivity index (χ2v) is 8.45. The van der Waals surface area contributed by atoms with Crippen molar-refractivity contribution in [3.63, 3.8) is 0 Å². The van der Waals surface area contributed by atoms with Crippen molar-refractivity contribution in [1.29, 1.82) is 0 Å². The molecule has 0 atom stereocenters. The second-order valence-electron chi connectivity index (χ2n) is 8.45. The Morgan fingerprint density at radius 3 is 2.17 bits per heavy atom. The van der Waals surface area contributed by atoms with Crippen LogP contribution in [0.5, 0.6) is 0 Å². The van der Waals surface area contributed by atoms with Crippen LogP contribution < -0.4 is 16.0 Å². The molecule has 1 aliphatic rings. The summed E-state index contributed by atoms with van der Waals surface area (Å²) >= 11 is 0. The monoisotopic (exact) mass is 540 g/mol. The van der Waals surface area contributed by atoms with Gasteiger partial charge in [-0.25, -0.2) is 4.79 Å². The lowest BCUT2D eigenvalue weighted by molar-refractivity contribution is 0.0527. The number of alkyl carbamates (subject to hydrolysis) is 1. The Morgan fingerprint density at radius 2 is 1.57 bits per heavy atom. The summed E-state index contributed by atoms with van der Waals surface area (Å²) in [5.74, 6) is 0.848. The molecule has 0 saturated carbocycles. The summed E-state index contributed by atoms with van der Waals surface area (Å²) in [6.45, 7) is 20.0. The first-order chi connectivity index (χ1) is 13.8. The van der Waals surface area contributed by atoms with E-state index in [4.69, 9.17) is 4.74 Å². The van der Waals surface area contributed by atoms with Crippen LogP contribution in [0.2, 0.25) is 0 Å². The van der Waals surface area contributed by atoms with E-state index in [0.29, 0.717) is 13.1 Å². The standard InChI is InChI=1S/C21H44N6O2.HI/c1-6-22-19(24-12-10-13-25-20(28)29-21(3,4)5)23-11-8-9-14-27-17-15-26(7-2)16-18-27;/h6-18H2,1-5H3,(H,25,28)(H2,22,23,24);1H. The van der Waals surface area contributed by atoms with Crippen LogP contribution >= 0.6 is 24.0 Å². The lowest BCUT2D eigenvalue weighted by atomic mass is 10.2. The number of hydrogen-bond donors (Lipinski definition) is 3. The largest absolute Gasteiger partial charge is 0.444 e. The fourth-order valence-corrected chi connectivity index (χ4v) is 3.11. The number of carbonyl (C=O) groups excluding carboxylic acids is 1. The van der Waals surface area contributed by atoms with E-state index >= 15 is 0 Å². The van der Waals surface area contributed by atoms with Gasteiger partial charge in [0.15, 0.2) is 5.96 Å². The predicted octanol–water partition coefficient (Wildman–Crippen LogP) is 2.49. The number of nitrogens with one attached hydrogen (secondary N) is 3. The van der Waals surface area contributed by atoms with Crippen LogP contribution in [0.25, 0.3) is 0 Å². The third kappa shape index (κ3) is 15.1. The van der Waals surface area contributed by atoms with E-state index in [9.17, 15) is 4.79 Å². The maximum Gasteiger partial charge on any atom is 0.407 e. The van der Waals surface area contributed by atoms with Crippen LogP contribution in [0.3, 0.4) is 0 Å². The van der Waals surface area contributed by atoms with Gasteiger partial charge in [0.2, 0.25) is 0 Å². The lowest BCUT2D eigenvalue weighted by Gasteiger charge is -2.34. The average Bonchev–Trinajstić information content (AvgIpc) is 2.66. The smallest absolute Gasteiger partial charge is 0.407 e. The maximum atomic E-state index is 11.6. The van der Waals surface area contributed by atoms with Gasteiger partial charge in [0, 0.05) is 52.4 Å². The zero-order valence-electron chi connectivity index (χ0n) is 19.8. The van der Waals surface area contributed by atoms with Crippen LogP contribution in [0.4, 0.5) is 4.79 Å². The van der Waals surface area contributed by atoms with Gasteiger partial charge in [-0.05, 0) is 60.0 Å². The molecule has 8 nitrogen and oxygen atoms in total. The highest BCUT2D eigenvalue weighted by Gasteiger charge is 2.15. The van der Waals surface area contributed by atoms with Gasteiger partial charge in [-0.3, -0.25) is 4.99 Å². The van der Waals surface area contributed by atoms with Crippen molar-refractivity contribution in [2.24, 2.45) is 4.99 Å². The molecule has 0 spiro atoms. The number of piperazine rings is 1. The molecule has 1 rings (SSSR count). The first-order valence-corrected chi connectivity index (χ1v) is 11.3. The van der Waals surface area contributed by atoms with Gasteiger partial charge < -0.3 is 30.5 Å². The van der Waals surface area contributed by atoms with E-state index < -0.39 is 5.60 Å². The Bertz CT molecular complexity index is 477. The fourth-order valence-electron chi connectivity index (χ4n) is 3.11. The fraction of sp³-hybridized carbons (Fsp3) is 0.905. The highest BCUT2D eigenvalue weighted by Crippen LogP contribution is 2.06. The Balaban J connectivity index is 0.00000841. The minimum absolute atomic E-state index is 0. The molecule has 0 radical (unpaired) electrons. The Hall–Kier alpha value is -0.810. The van der Waals surface area contributed by atoms with Crippen LogP contribution in [0.15, 0.2) is 4.99 Å². The molecule has 0 bridgehead atoms. The number of likely N-dealkylation sites (N-methyl/N-ethyl adjacent to an activating group) is 1. The van der Waals surface area contributed by atoms with Crippen molar-refractivity contribution in [1.82, 2.24) is 25.8 Å². The molecule has 1 heterocycles. The Labute approximate surface area is 201 Å². The van der Waals surface area contributed by atoms with Gasteiger partial charge in [-0.1, -0.05) is 6.92 Å². The molecule has 1 saturated heterocycles. The summed E-state index contributed by atoms with van der Waals surface area (Å²) in [5.41, 5.74) is -0.464. The summed E-state index contributed by atoms with van der Waals surface area (Å²) < 4.78 is 5.22.